The summed E-state index contributed by atoms with van der Waals surface area (Å²) in [5, 5.41) is 15.2. The minimum atomic E-state index is -1.48. The van der Waals surface area contributed by atoms with Gasteiger partial charge in [-0.05, 0) is 29.7 Å². The summed E-state index contributed by atoms with van der Waals surface area (Å²) >= 11 is 0. The van der Waals surface area contributed by atoms with Gasteiger partial charge in [0.2, 0.25) is 6.35 Å². The van der Waals surface area contributed by atoms with Crippen LogP contribution in [0.1, 0.15) is 16.7 Å². The van der Waals surface area contributed by atoms with Crippen molar-refractivity contribution < 1.29 is 9.90 Å². The molecule has 0 bridgehead atoms. The van der Waals surface area contributed by atoms with Gasteiger partial charge in [-0.3, -0.25) is 14.2 Å². The van der Waals surface area contributed by atoms with E-state index in [0.29, 0.717) is 16.5 Å². The molecule has 0 aliphatic heterocycles. The summed E-state index contributed by atoms with van der Waals surface area (Å²) in [6.07, 6.45) is -1.48. The van der Waals surface area contributed by atoms with E-state index >= 15 is 0 Å². The first kappa shape index (κ1) is 16.1. The van der Waals surface area contributed by atoms with Crippen molar-refractivity contribution in [3.63, 3.8) is 0 Å². The van der Waals surface area contributed by atoms with Crippen molar-refractivity contribution in [2.45, 2.75) is 6.35 Å². The number of nitrogens with zero attached hydrogens (tertiary/aromatic N) is 1. The molecule has 1 unspecified atom stereocenters. The van der Waals surface area contributed by atoms with Crippen molar-refractivity contribution >= 4 is 27.6 Å². The largest absolute Gasteiger partial charge is 0.356 e. The number of hydrogen-bond acceptors (Lipinski definition) is 3. The third-order valence-corrected chi connectivity index (χ3v) is 4.37. The molecular formula is C21H16N2O3. The van der Waals surface area contributed by atoms with E-state index in [1.807, 2.05) is 24.3 Å². The lowest BCUT2D eigenvalue weighted by Gasteiger charge is -2.19. The SMILES string of the molecule is O=C(NC(O)n1c(=O)c2ccccc2c2ccccc21)c1ccccc1. The topological polar surface area (TPSA) is 71.3 Å². The number of aromatic nitrogens is 1. The van der Waals surface area contributed by atoms with Crippen molar-refractivity contribution in [3.8, 4) is 0 Å². The Bertz CT molecular complexity index is 1170. The zero-order valence-electron chi connectivity index (χ0n) is 13.8. The van der Waals surface area contributed by atoms with E-state index in [0.717, 1.165) is 10.8 Å². The van der Waals surface area contributed by atoms with Gasteiger partial charge in [0.25, 0.3) is 11.5 Å². The second kappa shape index (κ2) is 6.46. The Morgan fingerprint density at radius 1 is 0.808 bits per heavy atom. The summed E-state index contributed by atoms with van der Waals surface area (Å²) < 4.78 is 1.21. The summed E-state index contributed by atoms with van der Waals surface area (Å²) in [6.45, 7) is 0. The van der Waals surface area contributed by atoms with Gasteiger partial charge in [-0.15, -0.1) is 0 Å². The van der Waals surface area contributed by atoms with Gasteiger partial charge in [0.1, 0.15) is 0 Å². The fourth-order valence-electron chi connectivity index (χ4n) is 3.15. The van der Waals surface area contributed by atoms with Crippen LogP contribution in [0.5, 0.6) is 0 Å². The number of para-hydroxylation sites is 1. The van der Waals surface area contributed by atoms with E-state index in [-0.39, 0.29) is 5.56 Å². The molecule has 128 valence electrons. The Balaban J connectivity index is 1.86. The van der Waals surface area contributed by atoms with Crippen molar-refractivity contribution in [2.24, 2.45) is 0 Å². The highest BCUT2D eigenvalue weighted by molar-refractivity contribution is 6.05. The fourth-order valence-corrected chi connectivity index (χ4v) is 3.15. The van der Waals surface area contributed by atoms with E-state index in [4.69, 9.17) is 0 Å². The van der Waals surface area contributed by atoms with E-state index < -0.39 is 12.3 Å². The standard InChI is InChI=1S/C21H16N2O3/c24-19(14-8-2-1-3-9-14)22-21(26)23-18-13-7-6-11-16(18)15-10-4-5-12-17(15)20(23)25/h1-13,21,26H,(H,22,24). The zero-order valence-corrected chi connectivity index (χ0v) is 13.8. The van der Waals surface area contributed by atoms with Crippen molar-refractivity contribution in [3.05, 3.63) is 94.8 Å². The molecule has 0 fully saturated rings. The van der Waals surface area contributed by atoms with Crippen LogP contribution in [-0.4, -0.2) is 15.6 Å². The summed E-state index contributed by atoms with van der Waals surface area (Å²) in [7, 11) is 0. The number of fused-ring (bicyclic) bond motifs is 3. The zero-order chi connectivity index (χ0) is 18.1. The molecule has 0 saturated carbocycles. The highest BCUT2D eigenvalue weighted by atomic mass is 16.3. The molecule has 1 atom stereocenters. The highest BCUT2D eigenvalue weighted by Gasteiger charge is 2.18. The maximum atomic E-state index is 13.0. The van der Waals surface area contributed by atoms with Gasteiger partial charge in [0.15, 0.2) is 0 Å². The van der Waals surface area contributed by atoms with Gasteiger partial charge in [-0.2, -0.15) is 0 Å². The third kappa shape index (κ3) is 2.64. The van der Waals surface area contributed by atoms with Crippen LogP contribution in [0.25, 0.3) is 21.7 Å². The molecule has 4 aromatic rings. The average Bonchev–Trinajstić information content (AvgIpc) is 2.69. The van der Waals surface area contributed by atoms with Gasteiger partial charge in [0, 0.05) is 16.3 Å². The predicted molar refractivity (Wildman–Crippen MR) is 101 cm³/mol. The van der Waals surface area contributed by atoms with Crippen molar-refractivity contribution in [2.75, 3.05) is 0 Å². The smallest absolute Gasteiger partial charge is 0.262 e. The molecule has 1 amide bonds. The Morgan fingerprint density at radius 3 is 2.12 bits per heavy atom. The summed E-state index contributed by atoms with van der Waals surface area (Å²) in [5.41, 5.74) is 0.599. The van der Waals surface area contributed by atoms with Gasteiger partial charge in [-0.1, -0.05) is 54.6 Å². The van der Waals surface area contributed by atoms with E-state index in [1.54, 1.807) is 54.6 Å². The lowest BCUT2D eigenvalue weighted by atomic mass is 10.1. The van der Waals surface area contributed by atoms with Crippen LogP contribution in [0.3, 0.4) is 0 Å². The summed E-state index contributed by atoms with van der Waals surface area (Å²) in [5.74, 6) is -0.456. The molecule has 0 aliphatic rings. The number of carbonyl (C=O) groups is 1. The van der Waals surface area contributed by atoms with E-state index in [2.05, 4.69) is 5.32 Å². The second-order valence-electron chi connectivity index (χ2n) is 5.95. The maximum Gasteiger partial charge on any atom is 0.262 e. The monoisotopic (exact) mass is 344 g/mol. The molecule has 4 rings (SSSR count). The predicted octanol–water partition coefficient (Wildman–Crippen LogP) is 3.03. The molecule has 0 aliphatic carbocycles. The van der Waals surface area contributed by atoms with Gasteiger partial charge in [-0.25, -0.2) is 0 Å². The number of nitrogens with one attached hydrogen (secondary N) is 1. The maximum absolute atomic E-state index is 13.0. The highest BCUT2D eigenvalue weighted by Crippen LogP contribution is 2.23. The van der Waals surface area contributed by atoms with Crippen LogP contribution in [0.2, 0.25) is 0 Å². The van der Waals surface area contributed by atoms with Crippen molar-refractivity contribution in [1.82, 2.24) is 9.88 Å². The number of rotatable bonds is 3. The number of aliphatic hydroxyl groups excluding tert-OH is 1. The lowest BCUT2D eigenvalue weighted by molar-refractivity contribution is 0.0536. The quantitative estimate of drug-likeness (QED) is 0.443. The fraction of sp³-hybridized carbons (Fsp3) is 0.0476. The summed E-state index contributed by atoms with van der Waals surface area (Å²) in [4.78, 5) is 25.3. The molecule has 2 N–H and O–H groups in total. The minimum absolute atomic E-state index is 0.361. The molecule has 26 heavy (non-hydrogen) atoms. The first-order chi connectivity index (χ1) is 12.7. The van der Waals surface area contributed by atoms with Crippen LogP contribution in [0.4, 0.5) is 0 Å². The Kier molecular flexibility index (Phi) is 3.99. The number of aliphatic hydroxyl groups is 1. The number of carbonyl (C=O) groups excluding carboxylic acids is 1. The molecule has 1 heterocycles. The van der Waals surface area contributed by atoms with Crippen LogP contribution in [0.15, 0.2) is 83.7 Å². The Hall–Kier alpha value is -3.44. The van der Waals surface area contributed by atoms with Crippen LogP contribution >= 0.6 is 0 Å². The Labute approximate surface area is 149 Å². The Morgan fingerprint density at radius 2 is 1.38 bits per heavy atom. The molecular weight excluding hydrogens is 328 g/mol. The van der Waals surface area contributed by atoms with Crippen LogP contribution in [0, 0.1) is 0 Å². The van der Waals surface area contributed by atoms with Gasteiger partial charge in [0.05, 0.1) is 5.52 Å². The van der Waals surface area contributed by atoms with Gasteiger partial charge < -0.3 is 10.4 Å². The molecule has 5 nitrogen and oxygen atoms in total. The molecule has 0 spiro atoms. The van der Waals surface area contributed by atoms with E-state index in [1.165, 1.54) is 4.57 Å². The van der Waals surface area contributed by atoms with Crippen LogP contribution < -0.4 is 10.9 Å². The first-order valence-corrected chi connectivity index (χ1v) is 8.23. The number of amides is 1. The molecule has 3 aromatic carbocycles. The summed E-state index contributed by atoms with van der Waals surface area (Å²) in [6, 6.07) is 23.1. The third-order valence-electron chi connectivity index (χ3n) is 4.37. The average molecular weight is 344 g/mol. The van der Waals surface area contributed by atoms with E-state index in [9.17, 15) is 14.7 Å². The molecule has 5 heteroatoms. The van der Waals surface area contributed by atoms with Crippen LogP contribution in [-0.2, 0) is 0 Å². The molecule has 0 saturated heterocycles. The second-order valence-corrected chi connectivity index (χ2v) is 5.95. The number of hydrogen-bond donors (Lipinski definition) is 2. The van der Waals surface area contributed by atoms with Crippen molar-refractivity contribution in [1.29, 1.82) is 0 Å². The number of benzene rings is 3. The normalized spacial score (nSPS) is 12.2. The molecule has 1 aromatic heterocycles. The first-order valence-electron chi connectivity index (χ1n) is 8.23. The lowest BCUT2D eigenvalue weighted by Crippen LogP contribution is -2.37. The van der Waals surface area contributed by atoms with Gasteiger partial charge >= 0.3 is 0 Å². The minimum Gasteiger partial charge on any atom is -0.356 e. The molecule has 0 radical (unpaired) electrons. The number of pyridine rings is 1.